The highest BCUT2D eigenvalue weighted by molar-refractivity contribution is 7.89. The summed E-state index contributed by atoms with van der Waals surface area (Å²) < 4.78 is 38.2. The third kappa shape index (κ3) is 4.33. The first-order chi connectivity index (χ1) is 11.0. The van der Waals surface area contributed by atoms with Crippen LogP contribution in [0.3, 0.4) is 0 Å². The first-order valence-electron chi connectivity index (χ1n) is 7.72. The maximum absolute atomic E-state index is 12.9. The van der Waals surface area contributed by atoms with Crippen LogP contribution in [0, 0.1) is 5.92 Å². The van der Waals surface area contributed by atoms with Crippen molar-refractivity contribution in [1.29, 1.82) is 0 Å². The number of rotatable bonds is 5. The number of benzene rings is 1. The van der Waals surface area contributed by atoms with Gasteiger partial charge in [-0.05, 0) is 31.0 Å². The minimum atomic E-state index is -3.66. The van der Waals surface area contributed by atoms with Gasteiger partial charge in [0.05, 0.1) is 13.2 Å². The maximum atomic E-state index is 12.9. The molecule has 1 aromatic rings. The van der Waals surface area contributed by atoms with Crippen LogP contribution in [-0.4, -0.2) is 51.7 Å². The van der Waals surface area contributed by atoms with Gasteiger partial charge in [0.1, 0.15) is 10.6 Å². The fourth-order valence-corrected chi connectivity index (χ4v) is 4.74. The van der Waals surface area contributed by atoms with Gasteiger partial charge in [-0.15, -0.1) is 12.4 Å². The molecule has 1 aromatic carbocycles. The van der Waals surface area contributed by atoms with E-state index in [0.717, 1.165) is 13.0 Å². The number of hydrogen-bond acceptors (Lipinski definition) is 5. The summed E-state index contributed by atoms with van der Waals surface area (Å²) in [5.74, 6) is 0.628. The zero-order valence-electron chi connectivity index (χ0n) is 13.2. The first kappa shape index (κ1) is 19.8. The molecular formula is C15H22Cl2N2O4S. The molecule has 3 rings (SSSR count). The van der Waals surface area contributed by atoms with Crippen molar-refractivity contribution >= 4 is 34.0 Å². The second kappa shape index (κ2) is 8.21. The Balaban J connectivity index is 0.00000208. The molecule has 136 valence electrons. The molecule has 0 aliphatic carbocycles. The number of sulfonamides is 1. The first-order valence-corrected chi connectivity index (χ1v) is 9.54. The van der Waals surface area contributed by atoms with E-state index >= 15 is 0 Å². The standard InChI is InChI=1S/C15H21ClN2O4S.ClH/c16-12-1-2-14(22-10-11-4-6-21-9-11)15(7-12)23(19,20)18-5-3-13(17)8-18;/h1-2,7,11,13H,3-6,8-10,17H2;1H/t11?,13-;/m1./s1. The Morgan fingerprint density at radius 3 is 2.79 bits per heavy atom. The second-order valence-electron chi connectivity index (χ2n) is 6.04. The predicted molar refractivity (Wildman–Crippen MR) is 94.5 cm³/mol. The molecular weight excluding hydrogens is 375 g/mol. The van der Waals surface area contributed by atoms with Gasteiger partial charge in [0.25, 0.3) is 0 Å². The molecule has 0 amide bonds. The molecule has 2 aliphatic rings. The lowest BCUT2D eigenvalue weighted by Crippen LogP contribution is -2.32. The number of hydrogen-bond donors (Lipinski definition) is 1. The molecule has 2 saturated heterocycles. The number of halogens is 2. The van der Waals surface area contributed by atoms with Gasteiger partial charge in [0.2, 0.25) is 10.0 Å². The van der Waals surface area contributed by atoms with E-state index in [4.69, 9.17) is 26.8 Å². The fourth-order valence-electron chi connectivity index (χ4n) is 2.84. The van der Waals surface area contributed by atoms with Crippen LogP contribution in [0.4, 0.5) is 0 Å². The van der Waals surface area contributed by atoms with E-state index in [0.29, 0.717) is 49.4 Å². The average Bonchev–Trinajstić information content (AvgIpc) is 3.17. The summed E-state index contributed by atoms with van der Waals surface area (Å²) >= 11 is 6.00. The van der Waals surface area contributed by atoms with Crippen LogP contribution in [0.15, 0.2) is 23.1 Å². The fraction of sp³-hybridized carbons (Fsp3) is 0.600. The average molecular weight is 397 g/mol. The van der Waals surface area contributed by atoms with Crippen molar-refractivity contribution in [2.75, 3.05) is 32.9 Å². The van der Waals surface area contributed by atoms with Crippen LogP contribution in [0.1, 0.15) is 12.8 Å². The zero-order valence-corrected chi connectivity index (χ0v) is 15.6. The van der Waals surface area contributed by atoms with Crippen LogP contribution in [-0.2, 0) is 14.8 Å². The van der Waals surface area contributed by atoms with E-state index < -0.39 is 10.0 Å². The van der Waals surface area contributed by atoms with Gasteiger partial charge in [-0.2, -0.15) is 4.31 Å². The highest BCUT2D eigenvalue weighted by atomic mass is 35.5. The van der Waals surface area contributed by atoms with Crippen molar-refractivity contribution in [2.24, 2.45) is 11.7 Å². The number of nitrogens with two attached hydrogens (primary N) is 1. The molecule has 6 nitrogen and oxygen atoms in total. The van der Waals surface area contributed by atoms with Gasteiger partial charge in [-0.1, -0.05) is 11.6 Å². The Morgan fingerprint density at radius 1 is 1.38 bits per heavy atom. The third-order valence-corrected chi connectivity index (χ3v) is 6.33. The number of ether oxygens (including phenoxy) is 2. The summed E-state index contributed by atoms with van der Waals surface area (Å²) in [6.07, 6.45) is 1.59. The monoisotopic (exact) mass is 396 g/mol. The van der Waals surface area contributed by atoms with E-state index in [1.165, 1.54) is 10.4 Å². The summed E-state index contributed by atoms with van der Waals surface area (Å²) in [5, 5.41) is 0.364. The molecule has 1 unspecified atom stereocenters. The van der Waals surface area contributed by atoms with Crippen LogP contribution in [0.25, 0.3) is 0 Å². The van der Waals surface area contributed by atoms with Gasteiger partial charge < -0.3 is 15.2 Å². The quantitative estimate of drug-likeness (QED) is 0.821. The van der Waals surface area contributed by atoms with E-state index in [9.17, 15) is 8.42 Å². The van der Waals surface area contributed by atoms with Crippen molar-refractivity contribution in [3.05, 3.63) is 23.2 Å². The highest BCUT2D eigenvalue weighted by Crippen LogP contribution is 2.32. The van der Waals surface area contributed by atoms with Crippen LogP contribution in [0.2, 0.25) is 5.02 Å². The van der Waals surface area contributed by atoms with Crippen molar-refractivity contribution in [3.63, 3.8) is 0 Å². The molecule has 2 fully saturated rings. The highest BCUT2D eigenvalue weighted by Gasteiger charge is 2.33. The normalized spacial score (nSPS) is 24.8. The zero-order chi connectivity index (χ0) is 16.4. The Bertz CT molecular complexity index is 665. The Morgan fingerprint density at radius 2 is 2.17 bits per heavy atom. The molecule has 0 saturated carbocycles. The largest absolute Gasteiger partial charge is 0.492 e. The van der Waals surface area contributed by atoms with Crippen molar-refractivity contribution in [2.45, 2.75) is 23.8 Å². The van der Waals surface area contributed by atoms with Crippen LogP contribution >= 0.6 is 24.0 Å². The summed E-state index contributed by atoms with van der Waals surface area (Å²) in [5.41, 5.74) is 5.83. The third-order valence-electron chi connectivity index (χ3n) is 4.21. The lowest BCUT2D eigenvalue weighted by molar-refractivity contribution is 0.166. The summed E-state index contributed by atoms with van der Waals surface area (Å²) in [6, 6.07) is 4.57. The van der Waals surface area contributed by atoms with E-state index in [1.54, 1.807) is 12.1 Å². The Labute approximate surface area is 153 Å². The Hall–Kier alpha value is -0.570. The minimum Gasteiger partial charge on any atom is -0.492 e. The molecule has 2 heterocycles. The molecule has 2 aliphatic heterocycles. The minimum absolute atomic E-state index is 0. The van der Waals surface area contributed by atoms with Gasteiger partial charge >= 0.3 is 0 Å². The number of nitrogens with zero attached hydrogens (tertiary/aromatic N) is 1. The van der Waals surface area contributed by atoms with Crippen LogP contribution < -0.4 is 10.5 Å². The summed E-state index contributed by atoms with van der Waals surface area (Å²) in [6.45, 7) is 2.56. The smallest absolute Gasteiger partial charge is 0.246 e. The SMILES string of the molecule is Cl.N[C@@H]1CCN(S(=O)(=O)c2cc(Cl)ccc2OCC2CCOC2)C1. The lowest BCUT2D eigenvalue weighted by Gasteiger charge is -2.19. The van der Waals surface area contributed by atoms with Gasteiger partial charge in [0, 0.05) is 36.7 Å². The molecule has 2 N–H and O–H groups in total. The predicted octanol–water partition coefficient (Wildman–Crippen LogP) is 1.90. The van der Waals surface area contributed by atoms with Crippen molar-refractivity contribution < 1.29 is 17.9 Å². The van der Waals surface area contributed by atoms with E-state index in [2.05, 4.69) is 0 Å². The summed E-state index contributed by atoms with van der Waals surface area (Å²) in [4.78, 5) is 0.109. The maximum Gasteiger partial charge on any atom is 0.246 e. The van der Waals surface area contributed by atoms with E-state index in [-0.39, 0.29) is 23.3 Å². The van der Waals surface area contributed by atoms with Gasteiger partial charge in [-0.3, -0.25) is 0 Å². The second-order valence-corrected chi connectivity index (χ2v) is 8.39. The van der Waals surface area contributed by atoms with Gasteiger partial charge in [-0.25, -0.2) is 8.42 Å². The Kier molecular flexibility index (Phi) is 6.75. The molecule has 0 radical (unpaired) electrons. The van der Waals surface area contributed by atoms with Crippen LogP contribution in [0.5, 0.6) is 5.75 Å². The van der Waals surface area contributed by atoms with E-state index in [1.807, 2.05) is 0 Å². The topological polar surface area (TPSA) is 81.9 Å². The molecule has 9 heteroatoms. The molecule has 2 atom stereocenters. The lowest BCUT2D eigenvalue weighted by atomic mass is 10.1. The molecule has 0 aromatic heterocycles. The molecule has 0 spiro atoms. The van der Waals surface area contributed by atoms with Crippen molar-refractivity contribution in [3.8, 4) is 5.75 Å². The van der Waals surface area contributed by atoms with Crippen molar-refractivity contribution in [1.82, 2.24) is 4.31 Å². The van der Waals surface area contributed by atoms with Gasteiger partial charge in [0.15, 0.2) is 0 Å². The molecule has 24 heavy (non-hydrogen) atoms. The summed E-state index contributed by atoms with van der Waals surface area (Å²) in [7, 11) is -3.66. The molecule has 0 bridgehead atoms.